The van der Waals surface area contributed by atoms with E-state index >= 15 is 0 Å². The quantitative estimate of drug-likeness (QED) is 0.413. The van der Waals surface area contributed by atoms with Crippen molar-refractivity contribution >= 4 is 11.6 Å². The predicted molar refractivity (Wildman–Crippen MR) is 79.4 cm³/mol. The molecule has 2 heteroatoms. The number of halogens is 1. The molecule has 1 aromatic carbocycles. The molecule has 0 aliphatic rings. The average molecular weight is 269 g/mol. The third kappa shape index (κ3) is 8.54. The Morgan fingerprint density at radius 1 is 0.778 bits per heavy atom. The summed E-state index contributed by atoms with van der Waals surface area (Å²) in [6.45, 7) is 1.82. The van der Waals surface area contributed by atoms with E-state index in [9.17, 15) is 0 Å². The summed E-state index contributed by atoms with van der Waals surface area (Å²) in [5, 5.41) is 0. The molecule has 0 saturated heterocycles. The second-order valence-corrected chi connectivity index (χ2v) is 5.04. The van der Waals surface area contributed by atoms with Crippen LogP contribution in [-0.4, -0.2) is 19.1 Å². The molecule has 0 amide bonds. The molecule has 0 saturated carbocycles. The molecule has 0 bridgehead atoms. The SMILES string of the molecule is ClCCCCCCOCCCCc1ccccc1. The molecule has 18 heavy (non-hydrogen) atoms. The molecular formula is C16H25ClO. The van der Waals surface area contributed by atoms with Crippen molar-refractivity contribution in [3.8, 4) is 0 Å². The molecule has 0 aromatic heterocycles. The van der Waals surface area contributed by atoms with Crippen LogP contribution in [0.25, 0.3) is 0 Å². The third-order valence-corrected chi connectivity index (χ3v) is 3.29. The van der Waals surface area contributed by atoms with Crippen molar-refractivity contribution in [3.63, 3.8) is 0 Å². The Kier molecular flexibility index (Phi) is 9.97. The highest BCUT2D eigenvalue weighted by molar-refractivity contribution is 6.17. The fourth-order valence-electron chi connectivity index (χ4n) is 1.93. The zero-order valence-corrected chi connectivity index (χ0v) is 12.0. The molecular weight excluding hydrogens is 244 g/mol. The molecule has 1 nitrogen and oxygen atoms in total. The van der Waals surface area contributed by atoms with Crippen molar-refractivity contribution in [2.45, 2.75) is 44.9 Å². The van der Waals surface area contributed by atoms with Crippen molar-refractivity contribution < 1.29 is 4.74 Å². The summed E-state index contributed by atoms with van der Waals surface area (Å²) in [7, 11) is 0. The number of aryl methyl sites for hydroxylation is 1. The smallest absolute Gasteiger partial charge is 0.0466 e. The van der Waals surface area contributed by atoms with Crippen LogP contribution in [0.15, 0.2) is 30.3 Å². The summed E-state index contributed by atoms with van der Waals surface area (Å²) in [6.07, 6.45) is 8.35. The molecule has 0 heterocycles. The van der Waals surface area contributed by atoms with E-state index in [1.165, 1.54) is 37.7 Å². The van der Waals surface area contributed by atoms with Gasteiger partial charge in [-0.2, -0.15) is 0 Å². The van der Waals surface area contributed by atoms with E-state index in [-0.39, 0.29) is 0 Å². The molecule has 0 radical (unpaired) electrons. The van der Waals surface area contributed by atoms with E-state index in [1.807, 2.05) is 0 Å². The van der Waals surface area contributed by atoms with E-state index in [2.05, 4.69) is 30.3 Å². The van der Waals surface area contributed by atoms with Gasteiger partial charge in [0, 0.05) is 19.1 Å². The highest BCUT2D eigenvalue weighted by atomic mass is 35.5. The van der Waals surface area contributed by atoms with Crippen molar-refractivity contribution in [3.05, 3.63) is 35.9 Å². The molecule has 0 spiro atoms. The molecule has 1 rings (SSSR count). The van der Waals surface area contributed by atoms with Gasteiger partial charge in [0.2, 0.25) is 0 Å². The van der Waals surface area contributed by atoms with Gasteiger partial charge in [-0.1, -0.05) is 43.2 Å². The Hall–Kier alpha value is -0.530. The summed E-state index contributed by atoms with van der Waals surface area (Å²) in [5.41, 5.74) is 1.43. The molecule has 102 valence electrons. The maximum atomic E-state index is 5.62. The molecule has 0 aliphatic carbocycles. The normalized spacial score (nSPS) is 10.7. The van der Waals surface area contributed by atoms with Gasteiger partial charge in [0.05, 0.1) is 0 Å². The predicted octanol–water partition coefficient (Wildman–Crippen LogP) is 4.83. The summed E-state index contributed by atoms with van der Waals surface area (Å²) < 4.78 is 5.62. The third-order valence-electron chi connectivity index (χ3n) is 3.02. The standard InChI is InChI=1S/C16H25ClO/c17-13-7-1-2-8-14-18-15-9-6-12-16-10-4-3-5-11-16/h3-5,10-11H,1-2,6-9,12-15H2. The van der Waals surface area contributed by atoms with Gasteiger partial charge in [0.15, 0.2) is 0 Å². The highest BCUT2D eigenvalue weighted by Crippen LogP contribution is 2.05. The first-order valence-electron chi connectivity index (χ1n) is 7.11. The average Bonchev–Trinajstić information content (AvgIpc) is 2.42. The number of rotatable bonds is 11. The van der Waals surface area contributed by atoms with E-state index in [4.69, 9.17) is 16.3 Å². The summed E-state index contributed by atoms with van der Waals surface area (Å²) in [6, 6.07) is 10.7. The number of ether oxygens (including phenoxy) is 1. The molecule has 0 unspecified atom stereocenters. The van der Waals surface area contributed by atoms with Crippen molar-refractivity contribution in [2.75, 3.05) is 19.1 Å². The molecule has 0 N–H and O–H groups in total. The first kappa shape index (κ1) is 15.5. The van der Waals surface area contributed by atoms with Crippen LogP contribution in [0.5, 0.6) is 0 Å². The molecule has 0 atom stereocenters. The summed E-state index contributed by atoms with van der Waals surface area (Å²) in [4.78, 5) is 0. The minimum absolute atomic E-state index is 0.792. The lowest BCUT2D eigenvalue weighted by molar-refractivity contribution is 0.126. The van der Waals surface area contributed by atoms with Crippen LogP contribution in [0.4, 0.5) is 0 Å². The lowest BCUT2D eigenvalue weighted by atomic mass is 10.1. The van der Waals surface area contributed by atoms with Crippen molar-refractivity contribution in [2.24, 2.45) is 0 Å². The van der Waals surface area contributed by atoms with Gasteiger partial charge in [0.25, 0.3) is 0 Å². The maximum absolute atomic E-state index is 5.62. The molecule has 0 fully saturated rings. The maximum Gasteiger partial charge on any atom is 0.0466 e. The van der Waals surface area contributed by atoms with Crippen LogP contribution in [0.3, 0.4) is 0 Å². The van der Waals surface area contributed by atoms with Crippen LogP contribution in [0.2, 0.25) is 0 Å². The van der Waals surface area contributed by atoms with E-state index in [1.54, 1.807) is 0 Å². The van der Waals surface area contributed by atoms with Crippen LogP contribution in [0.1, 0.15) is 44.1 Å². The fraction of sp³-hybridized carbons (Fsp3) is 0.625. The van der Waals surface area contributed by atoms with Gasteiger partial charge in [-0.05, 0) is 37.7 Å². The number of benzene rings is 1. The van der Waals surface area contributed by atoms with Crippen LogP contribution in [0, 0.1) is 0 Å². The Bertz CT molecular complexity index is 274. The molecule has 0 aliphatic heterocycles. The molecule has 1 aromatic rings. The largest absolute Gasteiger partial charge is 0.381 e. The van der Waals surface area contributed by atoms with E-state index in [0.29, 0.717) is 0 Å². The Labute approximate surface area is 116 Å². The van der Waals surface area contributed by atoms with Crippen LogP contribution >= 0.6 is 11.6 Å². The Morgan fingerprint density at radius 2 is 1.44 bits per heavy atom. The zero-order valence-electron chi connectivity index (χ0n) is 11.2. The topological polar surface area (TPSA) is 9.23 Å². The number of hydrogen-bond acceptors (Lipinski definition) is 1. The summed E-state index contributed by atoms with van der Waals surface area (Å²) >= 11 is 5.62. The van der Waals surface area contributed by atoms with Gasteiger partial charge >= 0.3 is 0 Å². The van der Waals surface area contributed by atoms with Crippen LogP contribution < -0.4 is 0 Å². The second-order valence-electron chi connectivity index (χ2n) is 4.66. The van der Waals surface area contributed by atoms with Crippen molar-refractivity contribution in [1.82, 2.24) is 0 Å². The minimum atomic E-state index is 0.792. The van der Waals surface area contributed by atoms with Gasteiger partial charge in [-0.3, -0.25) is 0 Å². The Morgan fingerprint density at radius 3 is 2.17 bits per heavy atom. The van der Waals surface area contributed by atoms with Crippen molar-refractivity contribution in [1.29, 1.82) is 0 Å². The number of hydrogen-bond donors (Lipinski definition) is 0. The number of unbranched alkanes of at least 4 members (excludes halogenated alkanes) is 4. The van der Waals surface area contributed by atoms with Gasteiger partial charge in [-0.25, -0.2) is 0 Å². The second kappa shape index (κ2) is 11.6. The van der Waals surface area contributed by atoms with Gasteiger partial charge < -0.3 is 4.74 Å². The van der Waals surface area contributed by atoms with E-state index in [0.717, 1.165) is 31.9 Å². The monoisotopic (exact) mass is 268 g/mol. The highest BCUT2D eigenvalue weighted by Gasteiger charge is 1.94. The first-order chi connectivity index (χ1) is 8.93. The van der Waals surface area contributed by atoms with Gasteiger partial charge in [-0.15, -0.1) is 11.6 Å². The number of alkyl halides is 1. The minimum Gasteiger partial charge on any atom is -0.381 e. The lowest BCUT2D eigenvalue weighted by Gasteiger charge is -2.04. The first-order valence-corrected chi connectivity index (χ1v) is 7.64. The van der Waals surface area contributed by atoms with Crippen LogP contribution in [-0.2, 0) is 11.2 Å². The lowest BCUT2D eigenvalue weighted by Crippen LogP contribution is -1.98. The Balaban J connectivity index is 1.82. The summed E-state index contributed by atoms with van der Waals surface area (Å²) in [5.74, 6) is 0.792. The fourth-order valence-corrected chi connectivity index (χ4v) is 2.12. The van der Waals surface area contributed by atoms with Gasteiger partial charge in [0.1, 0.15) is 0 Å². The zero-order chi connectivity index (χ0) is 12.9. The van der Waals surface area contributed by atoms with E-state index < -0.39 is 0 Å².